The maximum atomic E-state index is 6.79. The van der Waals surface area contributed by atoms with Gasteiger partial charge in [0.1, 0.15) is 0 Å². The van der Waals surface area contributed by atoms with Gasteiger partial charge in [-0.1, -0.05) is 158 Å². The van der Waals surface area contributed by atoms with E-state index in [4.69, 9.17) is 19.3 Å². The highest BCUT2D eigenvalue weighted by atomic mass is 16.7. The van der Waals surface area contributed by atoms with Crippen molar-refractivity contribution in [2.24, 2.45) is 0 Å². The summed E-state index contributed by atoms with van der Waals surface area (Å²) in [6.07, 6.45) is 3.70. The average molecular weight is 815 g/mol. The lowest BCUT2D eigenvalue weighted by Crippen LogP contribution is -2.41. The van der Waals surface area contributed by atoms with Crippen LogP contribution in [0, 0.1) is 0 Å². The van der Waals surface area contributed by atoms with Gasteiger partial charge in [0.05, 0.1) is 22.6 Å². The van der Waals surface area contributed by atoms with Crippen LogP contribution in [0.4, 0.5) is 0 Å². The fourth-order valence-corrected chi connectivity index (χ4v) is 8.67. The number of benzene rings is 7. The van der Waals surface area contributed by atoms with E-state index >= 15 is 0 Å². The van der Waals surface area contributed by atoms with Crippen LogP contribution in [-0.4, -0.2) is 28.3 Å². The topological polar surface area (TPSA) is 44.2 Å². The normalized spacial score (nSPS) is 14.1. The molecule has 4 nitrogen and oxygen atoms in total. The van der Waals surface area contributed by atoms with Crippen LogP contribution in [0.3, 0.4) is 0 Å². The van der Waals surface area contributed by atoms with Crippen molar-refractivity contribution in [3.8, 4) is 89.3 Å². The Hall–Kier alpha value is -7.18. The SMILES string of the molecule is CC1(C)OB(c2cc(-c3ccccc3-c3ccc(-c4ccccn4)cc3-c3ccccc3)cc(-c3ccccc3-c3ccc(-c4ccccn4)cc3-c3ccccc3)c2)OC1(C)C. The minimum absolute atomic E-state index is 0.510. The Bertz CT molecular complexity index is 2860. The zero-order valence-electron chi connectivity index (χ0n) is 36.0. The molecule has 0 radical (unpaired) electrons. The summed E-state index contributed by atoms with van der Waals surface area (Å²) in [5, 5.41) is 0. The molecule has 0 aliphatic carbocycles. The van der Waals surface area contributed by atoms with E-state index in [1.165, 1.54) is 0 Å². The van der Waals surface area contributed by atoms with Crippen molar-refractivity contribution >= 4 is 12.6 Å². The first-order valence-corrected chi connectivity index (χ1v) is 21.6. The second kappa shape index (κ2) is 16.6. The molecule has 7 aromatic carbocycles. The van der Waals surface area contributed by atoms with E-state index in [9.17, 15) is 0 Å². The van der Waals surface area contributed by atoms with E-state index in [2.05, 4.69) is 204 Å². The van der Waals surface area contributed by atoms with Gasteiger partial charge in [-0.2, -0.15) is 0 Å². The van der Waals surface area contributed by atoms with Crippen molar-refractivity contribution in [1.82, 2.24) is 9.97 Å². The van der Waals surface area contributed by atoms with Gasteiger partial charge in [0.15, 0.2) is 0 Å². The van der Waals surface area contributed by atoms with Crippen molar-refractivity contribution in [2.75, 3.05) is 0 Å². The fraction of sp³-hybridized carbons (Fsp3) is 0.103. The molecule has 304 valence electrons. The van der Waals surface area contributed by atoms with Crippen molar-refractivity contribution < 1.29 is 9.31 Å². The predicted octanol–water partition coefficient (Wildman–Crippen LogP) is 14.1. The molecule has 0 saturated carbocycles. The first kappa shape index (κ1) is 39.9. The lowest BCUT2D eigenvalue weighted by molar-refractivity contribution is 0.00578. The van der Waals surface area contributed by atoms with Crippen LogP contribution >= 0.6 is 0 Å². The summed E-state index contributed by atoms with van der Waals surface area (Å²) >= 11 is 0. The Kier molecular flexibility index (Phi) is 10.5. The molecule has 1 aliphatic rings. The number of pyridine rings is 2. The van der Waals surface area contributed by atoms with Crippen LogP contribution < -0.4 is 5.46 Å². The molecule has 63 heavy (non-hydrogen) atoms. The minimum Gasteiger partial charge on any atom is -0.399 e. The quantitative estimate of drug-likeness (QED) is 0.136. The van der Waals surface area contributed by atoms with E-state index in [0.717, 1.165) is 94.7 Å². The minimum atomic E-state index is -0.567. The molecule has 0 N–H and O–H groups in total. The Morgan fingerprint density at radius 2 is 0.698 bits per heavy atom. The molecule has 9 aromatic rings. The Morgan fingerprint density at radius 3 is 1.11 bits per heavy atom. The smallest absolute Gasteiger partial charge is 0.399 e. The summed E-state index contributed by atoms with van der Waals surface area (Å²) in [4.78, 5) is 9.40. The zero-order chi connectivity index (χ0) is 43.0. The van der Waals surface area contributed by atoms with Crippen LogP contribution in [0.15, 0.2) is 213 Å². The molecule has 1 fully saturated rings. The standard InChI is InChI=1S/C58H47BN2O2/c1-57(2)58(3,4)63-59(62-57)46-36-44(47-23-11-13-25-49(47)51-31-29-42(55-27-15-17-33-60-55)38-53(51)40-19-7-5-8-20-40)35-45(37-46)48-24-12-14-26-50(48)52-32-30-43(56-28-16-18-34-61-56)39-54(52)41-21-9-6-10-22-41/h5-39H,1-4H3. The monoisotopic (exact) mass is 814 g/mol. The van der Waals surface area contributed by atoms with E-state index in [1.807, 2.05) is 36.7 Å². The van der Waals surface area contributed by atoms with Gasteiger partial charge in [-0.05, 0) is 142 Å². The predicted molar refractivity (Wildman–Crippen MR) is 261 cm³/mol. The molecule has 0 amide bonds. The fourth-order valence-electron chi connectivity index (χ4n) is 8.67. The third kappa shape index (κ3) is 7.83. The molecule has 0 bridgehead atoms. The summed E-state index contributed by atoms with van der Waals surface area (Å²) in [6.45, 7) is 8.45. The Morgan fingerprint density at radius 1 is 0.317 bits per heavy atom. The first-order valence-electron chi connectivity index (χ1n) is 21.6. The molecule has 1 saturated heterocycles. The van der Waals surface area contributed by atoms with Gasteiger partial charge in [0, 0.05) is 23.5 Å². The largest absolute Gasteiger partial charge is 0.494 e. The van der Waals surface area contributed by atoms with Gasteiger partial charge in [0.25, 0.3) is 0 Å². The van der Waals surface area contributed by atoms with Crippen LogP contribution in [-0.2, 0) is 9.31 Å². The average Bonchev–Trinajstić information content (AvgIpc) is 3.57. The van der Waals surface area contributed by atoms with Crippen LogP contribution in [0.2, 0.25) is 0 Å². The molecule has 3 heterocycles. The van der Waals surface area contributed by atoms with Crippen molar-refractivity contribution in [3.63, 3.8) is 0 Å². The zero-order valence-corrected chi connectivity index (χ0v) is 36.0. The van der Waals surface area contributed by atoms with Crippen molar-refractivity contribution in [1.29, 1.82) is 0 Å². The van der Waals surface area contributed by atoms with E-state index in [0.29, 0.717) is 0 Å². The summed E-state index contributed by atoms with van der Waals surface area (Å²) in [5.74, 6) is 0. The highest BCUT2D eigenvalue weighted by Gasteiger charge is 2.51. The number of nitrogens with zero attached hydrogens (tertiary/aromatic N) is 2. The summed E-state index contributed by atoms with van der Waals surface area (Å²) in [5.41, 5.74) is 17.4. The third-order valence-electron chi connectivity index (χ3n) is 12.7. The second-order valence-electron chi connectivity index (χ2n) is 17.2. The molecule has 5 heteroatoms. The van der Waals surface area contributed by atoms with E-state index in [1.54, 1.807) is 0 Å². The maximum Gasteiger partial charge on any atom is 0.494 e. The van der Waals surface area contributed by atoms with Crippen molar-refractivity contribution in [3.05, 3.63) is 213 Å². The Labute approximate surface area is 371 Å². The lowest BCUT2D eigenvalue weighted by Gasteiger charge is -2.32. The third-order valence-corrected chi connectivity index (χ3v) is 12.7. The lowest BCUT2D eigenvalue weighted by atomic mass is 9.75. The first-order chi connectivity index (χ1) is 30.7. The summed E-state index contributed by atoms with van der Waals surface area (Å²) in [7, 11) is -0.567. The van der Waals surface area contributed by atoms with Crippen molar-refractivity contribution in [2.45, 2.75) is 38.9 Å². The Balaban J connectivity index is 1.17. The summed E-state index contributed by atoms with van der Waals surface area (Å²) < 4.78 is 13.6. The molecule has 2 aromatic heterocycles. The number of aromatic nitrogens is 2. The van der Waals surface area contributed by atoms with Crippen LogP contribution in [0.1, 0.15) is 27.7 Å². The van der Waals surface area contributed by atoms with Crippen LogP contribution in [0.25, 0.3) is 89.3 Å². The molecule has 0 atom stereocenters. The highest BCUT2D eigenvalue weighted by molar-refractivity contribution is 6.62. The number of rotatable bonds is 9. The van der Waals surface area contributed by atoms with Crippen LogP contribution in [0.5, 0.6) is 0 Å². The number of hydrogen-bond donors (Lipinski definition) is 0. The molecular formula is C58H47BN2O2. The van der Waals surface area contributed by atoms with Gasteiger partial charge in [-0.15, -0.1) is 0 Å². The van der Waals surface area contributed by atoms with Gasteiger partial charge >= 0.3 is 7.12 Å². The highest BCUT2D eigenvalue weighted by Crippen LogP contribution is 2.44. The van der Waals surface area contributed by atoms with Gasteiger partial charge in [-0.3, -0.25) is 9.97 Å². The molecule has 1 aliphatic heterocycles. The summed E-state index contributed by atoms with van der Waals surface area (Å²) in [6, 6.07) is 71.2. The maximum absolute atomic E-state index is 6.79. The molecule has 0 spiro atoms. The molecule has 0 unspecified atom stereocenters. The van der Waals surface area contributed by atoms with Gasteiger partial charge in [-0.25, -0.2) is 0 Å². The van der Waals surface area contributed by atoms with E-state index < -0.39 is 18.3 Å². The van der Waals surface area contributed by atoms with Gasteiger partial charge < -0.3 is 9.31 Å². The molecular weight excluding hydrogens is 767 g/mol. The van der Waals surface area contributed by atoms with E-state index in [-0.39, 0.29) is 0 Å². The second-order valence-corrected chi connectivity index (χ2v) is 17.2. The van der Waals surface area contributed by atoms with Gasteiger partial charge in [0.2, 0.25) is 0 Å². The molecule has 10 rings (SSSR count). The number of hydrogen-bond acceptors (Lipinski definition) is 4.